The Morgan fingerprint density at radius 1 is 1.19 bits per heavy atom. The van der Waals surface area contributed by atoms with Gasteiger partial charge in [0.1, 0.15) is 11.6 Å². The average Bonchev–Trinajstić information content (AvgIpc) is 3.33. The fraction of sp³-hybridized carbons (Fsp3) is 0.375. The van der Waals surface area contributed by atoms with E-state index >= 15 is 0 Å². The van der Waals surface area contributed by atoms with Gasteiger partial charge in [-0.15, -0.1) is 0 Å². The fourth-order valence-corrected chi connectivity index (χ4v) is 4.14. The minimum atomic E-state index is -0.173. The number of carbonyl (C=O) groups excluding carboxylic acids is 1. The summed E-state index contributed by atoms with van der Waals surface area (Å²) in [5.41, 5.74) is 1.61. The van der Waals surface area contributed by atoms with E-state index < -0.39 is 0 Å². The number of hydrogen-bond donors (Lipinski definition) is 2. The van der Waals surface area contributed by atoms with Crippen molar-refractivity contribution in [1.29, 1.82) is 0 Å². The van der Waals surface area contributed by atoms with Crippen molar-refractivity contribution in [3.05, 3.63) is 70.3 Å². The smallest absolute Gasteiger partial charge is 0.258 e. The SMILES string of the molecule is COc1cccc([C@@H](CNC(=O)CCc2nc3ccccc3c(=O)[nH]2)N2CCCC2)c1. The molecule has 1 aliphatic heterocycles. The van der Waals surface area contributed by atoms with Crippen molar-refractivity contribution in [1.82, 2.24) is 20.2 Å². The third-order valence-electron chi connectivity index (χ3n) is 5.80. The van der Waals surface area contributed by atoms with Crippen LogP contribution in [0.15, 0.2) is 53.3 Å². The van der Waals surface area contributed by atoms with E-state index in [1.165, 1.54) is 12.8 Å². The van der Waals surface area contributed by atoms with Gasteiger partial charge in [-0.05, 0) is 55.8 Å². The summed E-state index contributed by atoms with van der Waals surface area (Å²) in [5, 5.41) is 3.63. The highest BCUT2D eigenvalue weighted by Crippen LogP contribution is 2.27. The first-order valence-electron chi connectivity index (χ1n) is 10.8. The van der Waals surface area contributed by atoms with E-state index in [9.17, 15) is 9.59 Å². The molecular weight excluding hydrogens is 392 g/mol. The Labute approximate surface area is 181 Å². The number of fused-ring (bicyclic) bond motifs is 1. The highest BCUT2D eigenvalue weighted by atomic mass is 16.5. The van der Waals surface area contributed by atoms with Crippen molar-refractivity contribution in [3.63, 3.8) is 0 Å². The first kappa shape index (κ1) is 21.1. The molecule has 1 fully saturated rings. The molecule has 0 unspecified atom stereocenters. The van der Waals surface area contributed by atoms with E-state index in [1.807, 2.05) is 36.4 Å². The number of para-hydroxylation sites is 1. The predicted molar refractivity (Wildman–Crippen MR) is 120 cm³/mol. The number of ether oxygens (including phenoxy) is 1. The number of hydrogen-bond acceptors (Lipinski definition) is 5. The van der Waals surface area contributed by atoms with Crippen LogP contribution < -0.4 is 15.6 Å². The lowest BCUT2D eigenvalue weighted by molar-refractivity contribution is -0.121. The summed E-state index contributed by atoms with van der Waals surface area (Å²) in [7, 11) is 1.66. The van der Waals surface area contributed by atoms with Gasteiger partial charge in [-0.1, -0.05) is 24.3 Å². The zero-order valence-corrected chi connectivity index (χ0v) is 17.8. The maximum absolute atomic E-state index is 12.6. The van der Waals surface area contributed by atoms with Crippen LogP contribution in [0.3, 0.4) is 0 Å². The Balaban J connectivity index is 1.39. The summed E-state index contributed by atoms with van der Waals surface area (Å²) in [6.45, 7) is 2.59. The molecule has 2 aromatic carbocycles. The van der Waals surface area contributed by atoms with E-state index in [-0.39, 0.29) is 23.9 Å². The Morgan fingerprint density at radius 3 is 2.81 bits per heavy atom. The normalized spacial score (nSPS) is 15.1. The Morgan fingerprint density at radius 2 is 2.00 bits per heavy atom. The summed E-state index contributed by atoms with van der Waals surface area (Å²) in [5.74, 6) is 1.30. The molecule has 31 heavy (non-hydrogen) atoms. The number of H-pyrrole nitrogens is 1. The van der Waals surface area contributed by atoms with Gasteiger partial charge in [0.25, 0.3) is 5.56 Å². The molecule has 0 radical (unpaired) electrons. The van der Waals surface area contributed by atoms with Crippen LogP contribution in [-0.2, 0) is 11.2 Å². The van der Waals surface area contributed by atoms with Crippen molar-refractivity contribution in [2.45, 2.75) is 31.7 Å². The van der Waals surface area contributed by atoms with Gasteiger partial charge in [-0.25, -0.2) is 4.98 Å². The van der Waals surface area contributed by atoms with Gasteiger partial charge < -0.3 is 15.0 Å². The average molecular weight is 421 g/mol. The van der Waals surface area contributed by atoms with Crippen molar-refractivity contribution in [2.75, 3.05) is 26.7 Å². The van der Waals surface area contributed by atoms with Crippen molar-refractivity contribution >= 4 is 16.8 Å². The van der Waals surface area contributed by atoms with Gasteiger partial charge in [-0.3, -0.25) is 14.5 Å². The van der Waals surface area contributed by atoms with E-state index in [2.05, 4.69) is 26.3 Å². The molecule has 4 rings (SSSR count). The van der Waals surface area contributed by atoms with Crippen LogP contribution in [0.25, 0.3) is 10.9 Å². The number of aromatic nitrogens is 2. The highest BCUT2D eigenvalue weighted by Gasteiger charge is 2.24. The number of nitrogens with zero attached hydrogens (tertiary/aromatic N) is 2. The second kappa shape index (κ2) is 9.75. The molecule has 0 aliphatic carbocycles. The molecule has 0 saturated carbocycles. The molecule has 1 amide bonds. The summed E-state index contributed by atoms with van der Waals surface area (Å²) in [6.07, 6.45) is 3.01. The van der Waals surface area contributed by atoms with Gasteiger partial charge >= 0.3 is 0 Å². The van der Waals surface area contributed by atoms with Crippen molar-refractivity contribution in [3.8, 4) is 5.75 Å². The van der Waals surface area contributed by atoms with E-state index in [0.717, 1.165) is 24.4 Å². The molecule has 162 valence electrons. The number of benzene rings is 2. The van der Waals surface area contributed by atoms with Crippen LogP contribution in [-0.4, -0.2) is 47.5 Å². The quantitative estimate of drug-likeness (QED) is 0.585. The summed E-state index contributed by atoms with van der Waals surface area (Å²) >= 11 is 0. The minimum absolute atomic E-state index is 0.0529. The lowest BCUT2D eigenvalue weighted by Gasteiger charge is -2.28. The van der Waals surface area contributed by atoms with Crippen molar-refractivity contribution < 1.29 is 9.53 Å². The number of rotatable bonds is 8. The Hall–Kier alpha value is -3.19. The number of aromatic amines is 1. The predicted octanol–water partition coefficient (Wildman–Crippen LogP) is 2.82. The monoisotopic (exact) mass is 420 g/mol. The molecule has 1 aromatic heterocycles. The van der Waals surface area contributed by atoms with E-state index in [4.69, 9.17) is 4.74 Å². The third-order valence-corrected chi connectivity index (χ3v) is 5.80. The second-order valence-corrected chi connectivity index (χ2v) is 7.87. The Kier molecular flexibility index (Phi) is 6.62. The van der Waals surface area contributed by atoms with Crippen molar-refractivity contribution in [2.24, 2.45) is 0 Å². The zero-order chi connectivity index (χ0) is 21.6. The molecule has 2 heterocycles. The molecule has 0 spiro atoms. The lowest BCUT2D eigenvalue weighted by Crippen LogP contribution is -2.37. The minimum Gasteiger partial charge on any atom is -0.497 e. The van der Waals surface area contributed by atoms with Crippen LogP contribution in [0.4, 0.5) is 0 Å². The number of nitrogens with one attached hydrogen (secondary N) is 2. The maximum Gasteiger partial charge on any atom is 0.258 e. The molecule has 3 aromatic rings. The molecule has 7 nitrogen and oxygen atoms in total. The fourth-order valence-electron chi connectivity index (χ4n) is 4.14. The lowest BCUT2D eigenvalue weighted by atomic mass is 10.0. The number of aryl methyl sites for hydroxylation is 1. The molecule has 1 saturated heterocycles. The molecule has 2 N–H and O–H groups in total. The summed E-state index contributed by atoms with van der Waals surface area (Å²) < 4.78 is 5.38. The molecule has 1 aliphatic rings. The van der Waals surface area contributed by atoms with Gasteiger partial charge in [-0.2, -0.15) is 0 Å². The number of likely N-dealkylation sites (tertiary alicyclic amines) is 1. The zero-order valence-electron chi connectivity index (χ0n) is 17.8. The maximum atomic E-state index is 12.6. The summed E-state index contributed by atoms with van der Waals surface area (Å²) in [6, 6.07) is 15.4. The highest BCUT2D eigenvalue weighted by molar-refractivity contribution is 5.78. The number of methoxy groups -OCH3 is 1. The number of carbonyl (C=O) groups is 1. The van der Waals surface area contributed by atoms with Gasteiger partial charge in [0, 0.05) is 19.4 Å². The first-order valence-corrected chi connectivity index (χ1v) is 10.8. The topological polar surface area (TPSA) is 87.3 Å². The van der Waals surface area contributed by atoms with Gasteiger partial charge in [0.05, 0.1) is 24.1 Å². The van der Waals surface area contributed by atoms with Gasteiger partial charge in [0.2, 0.25) is 5.91 Å². The first-order chi connectivity index (χ1) is 15.1. The van der Waals surface area contributed by atoms with Crippen LogP contribution in [0.2, 0.25) is 0 Å². The Bertz CT molecular complexity index is 1110. The van der Waals surface area contributed by atoms with Gasteiger partial charge in [0.15, 0.2) is 0 Å². The second-order valence-electron chi connectivity index (χ2n) is 7.87. The molecule has 7 heteroatoms. The van der Waals surface area contributed by atoms with E-state index in [0.29, 0.717) is 29.7 Å². The van der Waals surface area contributed by atoms with Crippen LogP contribution in [0.1, 0.15) is 36.7 Å². The van der Waals surface area contributed by atoms with Crippen LogP contribution >= 0.6 is 0 Å². The van der Waals surface area contributed by atoms with Crippen LogP contribution in [0, 0.1) is 0 Å². The van der Waals surface area contributed by atoms with Crippen LogP contribution in [0.5, 0.6) is 5.75 Å². The molecular formula is C24H28N4O3. The molecule has 1 atom stereocenters. The summed E-state index contributed by atoms with van der Waals surface area (Å²) in [4.78, 5) is 34.4. The standard InChI is InChI=1S/C24H28N4O3/c1-31-18-8-6-7-17(15-18)21(28-13-4-5-14-28)16-25-23(29)12-11-22-26-20-10-3-2-9-19(20)24(30)27-22/h2-3,6-10,15,21H,4-5,11-14,16H2,1H3,(H,25,29)(H,26,27,30)/t21-/m1/s1. The largest absolute Gasteiger partial charge is 0.497 e. The molecule has 0 bridgehead atoms. The number of amides is 1. The third kappa shape index (κ3) is 5.11. The van der Waals surface area contributed by atoms with E-state index in [1.54, 1.807) is 13.2 Å².